The molecule has 0 aliphatic heterocycles. The molecule has 5 nitrogen and oxygen atoms in total. The monoisotopic (exact) mass is 359 g/mol. The number of rotatable bonds is 5. The fraction of sp³-hybridized carbons (Fsp3) is 0.400. The fourth-order valence-electron chi connectivity index (χ4n) is 2.30. The van der Waals surface area contributed by atoms with E-state index < -0.39 is 49.4 Å². The Hall–Kier alpha value is -2.21. The van der Waals surface area contributed by atoms with Crippen LogP contribution >= 0.6 is 0 Å². The molecule has 1 saturated carbocycles. The lowest BCUT2D eigenvalue weighted by Gasteiger charge is -2.22. The molecule has 1 aromatic carbocycles. The molecule has 0 saturated heterocycles. The van der Waals surface area contributed by atoms with Gasteiger partial charge in [-0.1, -0.05) is 12.1 Å². The van der Waals surface area contributed by atoms with Gasteiger partial charge in [0, 0.05) is 17.7 Å². The Balaban J connectivity index is 2.53. The number of hydrogen-bond donors (Lipinski definition) is 0. The van der Waals surface area contributed by atoms with Gasteiger partial charge < -0.3 is 0 Å². The number of ketones is 2. The third-order valence-electron chi connectivity index (χ3n) is 3.80. The van der Waals surface area contributed by atoms with Gasteiger partial charge in [-0.3, -0.25) is 9.59 Å². The molecule has 1 aliphatic rings. The predicted octanol–water partition coefficient (Wildman–Crippen LogP) is 2.17. The minimum atomic E-state index is -4.63. The van der Waals surface area contributed by atoms with Gasteiger partial charge in [-0.05, 0) is 25.0 Å². The second kappa shape index (κ2) is 5.70. The maximum Gasteiger partial charge on any atom is 0.416 e. The van der Waals surface area contributed by atoms with E-state index in [9.17, 15) is 36.4 Å². The first-order chi connectivity index (χ1) is 10.9. The van der Waals surface area contributed by atoms with Gasteiger partial charge in [0.2, 0.25) is 5.78 Å². The molecule has 1 fully saturated rings. The maximum atomic E-state index is 12.6. The summed E-state index contributed by atoms with van der Waals surface area (Å²) in [6.45, 7) is 0. The van der Waals surface area contributed by atoms with Crippen molar-refractivity contribution in [2.45, 2.75) is 23.8 Å². The van der Waals surface area contributed by atoms with E-state index in [-0.39, 0.29) is 0 Å². The smallest absolute Gasteiger partial charge is 0.296 e. The van der Waals surface area contributed by atoms with E-state index in [4.69, 9.17) is 0 Å². The third kappa shape index (κ3) is 2.94. The number of hydrogen-bond acceptors (Lipinski definition) is 5. The molecule has 1 aliphatic carbocycles. The van der Waals surface area contributed by atoms with Gasteiger partial charge in [0.15, 0.2) is 15.6 Å². The number of nitriles is 1. The van der Waals surface area contributed by atoms with Crippen LogP contribution in [0.2, 0.25) is 0 Å². The van der Waals surface area contributed by atoms with E-state index in [0.29, 0.717) is 31.2 Å². The van der Waals surface area contributed by atoms with E-state index in [1.165, 1.54) is 6.07 Å². The summed E-state index contributed by atoms with van der Waals surface area (Å²) in [4.78, 5) is 24.9. The van der Waals surface area contributed by atoms with Crippen LogP contribution in [0.5, 0.6) is 0 Å². The van der Waals surface area contributed by atoms with E-state index in [2.05, 4.69) is 0 Å². The van der Waals surface area contributed by atoms with Crippen LogP contribution in [-0.2, 0) is 20.8 Å². The van der Waals surface area contributed by atoms with Gasteiger partial charge >= 0.3 is 6.18 Å². The number of carbonyl (C=O) groups is 2. The standard InChI is InChI=1S/C15H12F3NO4S/c1-24(22,23)14(8-19,12(20)9-2-3-9)13(21)10-4-6-11(7-5-10)15(16,17)18/h4-7,9H,2-3H2,1H3. The molecular formula is C15H12F3NO4S. The Kier molecular flexibility index (Phi) is 4.31. The minimum absolute atomic E-state index is 0.373. The fourth-order valence-corrected chi connectivity index (χ4v) is 3.45. The Morgan fingerprint density at radius 3 is 2.00 bits per heavy atom. The van der Waals surface area contributed by atoms with Gasteiger partial charge in [-0.25, -0.2) is 8.42 Å². The maximum absolute atomic E-state index is 12.6. The molecule has 1 aromatic rings. The van der Waals surface area contributed by atoms with Gasteiger partial charge in [-0.15, -0.1) is 0 Å². The first-order valence-electron chi connectivity index (χ1n) is 6.82. The molecule has 0 bridgehead atoms. The van der Waals surface area contributed by atoms with Crippen LogP contribution in [-0.4, -0.2) is 31.0 Å². The Morgan fingerprint density at radius 1 is 1.17 bits per heavy atom. The van der Waals surface area contributed by atoms with Crippen molar-refractivity contribution >= 4 is 21.4 Å². The lowest BCUT2D eigenvalue weighted by molar-refractivity contribution is -0.137. The summed E-state index contributed by atoms with van der Waals surface area (Å²) in [5, 5.41) is 9.32. The van der Waals surface area contributed by atoms with E-state index in [0.717, 1.165) is 12.1 Å². The zero-order valence-electron chi connectivity index (χ0n) is 12.4. The average Bonchev–Trinajstić information content (AvgIpc) is 3.30. The molecule has 2 rings (SSSR count). The van der Waals surface area contributed by atoms with Crippen molar-refractivity contribution in [3.63, 3.8) is 0 Å². The average molecular weight is 359 g/mol. The number of benzene rings is 1. The highest BCUT2D eigenvalue weighted by Gasteiger charge is 2.59. The number of Topliss-reactive ketones (excluding diaryl/α,β-unsaturated/α-hetero) is 2. The summed E-state index contributed by atoms with van der Waals surface area (Å²) >= 11 is 0. The van der Waals surface area contributed by atoms with Crippen molar-refractivity contribution in [2.24, 2.45) is 5.92 Å². The number of sulfone groups is 1. The van der Waals surface area contributed by atoms with Crippen molar-refractivity contribution in [1.82, 2.24) is 0 Å². The Morgan fingerprint density at radius 2 is 1.67 bits per heavy atom. The third-order valence-corrected chi connectivity index (χ3v) is 5.39. The quantitative estimate of drug-likeness (QED) is 0.593. The van der Waals surface area contributed by atoms with E-state index in [1.807, 2.05) is 0 Å². The molecule has 0 spiro atoms. The number of alkyl halides is 3. The lowest BCUT2D eigenvalue weighted by Crippen LogP contribution is -2.52. The SMILES string of the molecule is CS(=O)(=O)C(C#N)(C(=O)c1ccc(C(F)(F)F)cc1)C(=O)C1CC1. The van der Waals surface area contributed by atoms with Gasteiger partial charge in [0.05, 0.1) is 5.56 Å². The van der Waals surface area contributed by atoms with Crippen LogP contribution in [0.15, 0.2) is 24.3 Å². The van der Waals surface area contributed by atoms with Gasteiger partial charge in [0.1, 0.15) is 6.07 Å². The lowest BCUT2D eigenvalue weighted by atomic mass is 9.91. The van der Waals surface area contributed by atoms with Crippen LogP contribution in [0.3, 0.4) is 0 Å². The second-order valence-corrected chi connectivity index (χ2v) is 7.76. The summed E-state index contributed by atoms with van der Waals surface area (Å²) in [7, 11) is -4.45. The van der Waals surface area contributed by atoms with Crippen molar-refractivity contribution in [1.29, 1.82) is 5.26 Å². The van der Waals surface area contributed by atoms with Gasteiger partial charge in [-0.2, -0.15) is 18.4 Å². The number of carbonyl (C=O) groups excluding carboxylic acids is 2. The highest BCUT2D eigenvalue weighted by atomic mass is 32.2. The summed E-state index contributed by atoms with van der Waals surface area (Å²) < 4.78 is 58.9. The second-order valence-electron chi connectivity index (χ2n) is 5.61. The molecule has 24 heavy (non-hydrogen) atoms. The summed E-state index contributed by atoms with van der Waals surface area (Å²) in [6.07, 6.45) is -3.29. The zero-order chi connectivity index (χ0) is 18.3. The summed E-state index contributed by atoms with van der Waals surface area (Å²) in [6, 6.07) is 4.04. The van der Waals surface area contributed by atoms with Crippen LogP contribution in [0.4, 0.5) is 13.2 Å². The topological polar surface area (TPSA) is 92.1 Å². The predicted molar refractivity (Wildman–Crippen MR) is 76.7 cm³/mol. The van der Waals surface area contributed by atoms with Crippen LogP contribution in [0.1, 0.15) is 28.8 Å². The van der Waals surface area contributed by atoms with E-state index in [1.54, 1.807) is 0 Å². The van der Waals surface area contributed by atoms with Crippen LogP contribution in [0.25, 0.3) is 0 Å². The van der Waals surface area contributed by atoms with Crippen molar-refractivity contribution < 1.29 is 31.2 Å². The van der Waals surface area contributed by atoms with Crippen molar-refractivity contribution in [3.05, 3.63) is 35.4 Å². The van der Waals surface area contributed by atoms with Gasteiger partial charge in [0.25, 0.3) is 4.75 Å². The molecule has 1 atom stereocenters. The molecule has 0 amide bonds. The summed E-state index contributed by atoms with van der Waals surface area (Å²) in [5.74, 6) is -3.03. The molecule has 128 valence electrons. The van der Waals surface area contributed by atoms with E-state index >= 15 is 0 Å². The molecule has 1 unspecified atom stereocenters. The normalized spacial score (nSPS) is 17.6. The van der Waals surface area contributed by atoms with Crippen molar-refractivity contribution in [2.75, 3.05) is 6.26 Å². The van der Waals surface area contributed by atoms with Crippen LogP contribution in [0, 0.1) is 17.2 Å². The number of nitrogens with zero attached hydrogens (tertiary/aromatic N) is 1. The molecule has 9 heteroatoms. The highest BCUT2D eigenvalue weighted by Crippen LogP contribution is 2.38. The Bertz CT molecular complexity index is 833. The zero-order valence-corrected chi connectivity index (χ0v) is 13.2. The van der Waals surface area contributed by atoms with Crippen molar-refractivity contribution in [3.8, 4) is 6.07 Å². The minimum Gasteiger partial charge on any atom is -0.296 e. The highest BCUT2D eigenvalue weighted by molar-refractivity contribution is 7.94. The first kappa shape index (κ1) is 18.1. The Labute approximate surface area is 136 Å². The first-order valence-corrected chi connectivity index (χ1v) is 8.71. The largest absolute Gasteiger partial charge is 0.416 e. The van der Waals surface area contributed by atoms with Crippen LogP contribution < -0.4 is 0 Å². The molecule has 0 radical (unpaired) electrons. The molecule has 0 N–H and O–H groups in total. The summed E-state index contributed by atoms with van der Waals surface area (Å²) in [5.41, 5.74) is -1.47. The molecular weight excluding hydrogens is 347 g/mol. The molecule has 0 aromatic heterocycles. The number of halogens is 3. The molecule has 0 heterocycles.